The molecule has 1 aromatic carbocycles. The maximum atomic E-state index is 11.6. The van der Waals surface area contributed by atoms with E-state index >= 15 is 0 Å². The van der Waals surface area contributed by atoms with Gasteiger partial charge in [0.25, 0.3) is 5.69 Å². The molecule has 21 heavy (non-hydrogen) atoms. The third-order valence-electron chi connectivity index (χ3n) is 3.28. The van der Waals surface area contributed by atoms with E-state index in [1.807, 2.05) is 0 Å². The number of non-ortho nitro benzene ring substituents is 1. The van der Waals surface area contributed by atoms with Crippen molar-refractivity contribution >= 4 is 11.7 Å². The van der Waals surface area contributed by atoms with Crippen LogP contribution in [0.5, 0.6) is 0 Å². The van der Waals surface area contributed by atoms with Crippen LogP contribution in [0.15, 0.2) is 24.3 Å². The number of carbonyl (C=O) groups excluding carboxylic acids is 1. The van der Waals surface area contributed by atoms with Gasteiger partial charge in [-0.3, -0.25) is 14.9 Å². The largest absolute Gasteiger partial charge is 0.468 e. The average Bonchev–Trinajstić information content (AvgIpc) is 2.50. The van der Waals surface area contributed by atoms with Gasteiger partial charge in [-0.05, 0) is 24.9 Å². The Kier molecular flexibility index (Phi) is 7.39. The summed E-state index contributed by atoms with van der Waals surface area (Å²) in [6.07, 6.45) is 3.45. The molecule has 1 rings (SSSR count). The van der Waals surface area contributed by atoms with Crippen LogP contribution in [-0.4, -0.2) is 30.6 Å². The fraction of sp³-hybridized carbons (Fsp3) is 0.533. The van der Waals surface area contributed by atoms with Crippen molar-refractivity contribution in [2.75, 3.05) is 13.7 Å². The summed E-state index contributed by atoms with van der Waals surface area (Å²) in [4.78, 5) is 21.8. The zero-order valence-electron chi connectivity index (χ0n) is 12.5. The highest BCUT2D eigenvalue weighted by Crippen LogP contribution is 2.12. The lowest BCUT2D eigenvalue weighted by Gasteiger charge is -2.16. The number of nitrogens with one attached hydrogen (secondary N) is 1. The van der Waals surface area contributed by atoms with Gasteiger partial charge < -0.3 is 10.1 Å². The SMILES string of the molecule is CCCCC(NCCc1ccc([N+](=O)[O-])cc1)C(=O)OC. The Bertz CT molecular complexity index is 459. The van der Waals surface area contributed by atoms with Gasteiger partial charge in [-0.25, -0.2) is 0 Å². The standard InChI is InChI=1S/C15H22N2O4/c1-3-4-5-14(15(18)21-2)16-11-10-12-6-8-13(9-7-12)17(19)20/h6-9,14,16H,3-5,10-11H2,1-2H3. The number of benzene rings is 1. The number of nitro benzene ring substituents is 1. The first-order chi connectivity index (χ1) is 10.1. The highest BCUT2D eigenvalue weighted by atomic mass is 16.6. The molecule has 0 amide bonds. The minimum Gasteiger partial charge on any atom is -0.468 e. The smallest absolute Gasteiger partial charge is 0.322 e. The molecule has 0 bridgehead atoms. The van der Waals surface area contributed by atoms with Crippen molar-refractivity contribution in [2.24, 2.45) is 0 Å². The zero-order valence-corrected chi connectivity index (χ0v) is 12.5. The van der Waals surface area contributed by atoms with Gasteiger partial charge in [0.1, 0.15) is 6.04 Å². The molecule has 0 aliphatic carbocycles. The predicted octanol–water partition coefficient (Wildman–Crippen LogP) is 2.46. The molecule has 0 aliphatic heterocycles. The first-order valence-electron chi connectivity index (χ1n) is 7.13. The van der Waals surface area contributed by atoms with Crippen molar-refractivity contribution in [3.8, 4) is 0 Å². The molecule has 0 saturated heterocycles. The Labute approximate surface area is 124 Å². The Morgan fingerprint density at radius 3 is 2.57 bits per heavy atom. The molecule has 116 valence electrons. The van der Waals surface area contributed by atoms with Gasteiger partial charge in [0.2, 0.25) is 0 Å². The summed E-state index contributed by atoms with van der Waals surface area (Å²) in [5.74, 6) is -0.243. The summed E-state index contributed by atoms with van der Waals surface area (Å²) in [5.41, 5.74) is 1.08. The lowest BCUT2D eigenvalue weighted by atomic mass is 10.1. The molecule has 0 aliphatic rings. The minimum absolute atomic E-state index is 0.0853. The second-order valence-corrected chi connectivity index (χ2v) is 4.85. The summed E-state index contributed by atoms with van der Waals surface area (Å²) in [5, 5.41) is 13.7. The second kappa shape index (κ2) is 9.07. The van der Waals surface area contributed by atoms with Crippen molar-refractivity contribution in [3.05, 3.63) is 39.9 Å². The van der Waals surface area contributed by atoms with Crippen LogP contribution < -0.4 is 5.32 Å². The molecular weight excluding hydrogens is 272 g/mol. The van der Waals surface area contributed by atoms with Gasteiger partial charge >= 0.3 is 5.97 Å². The lowest BCUT2D eigenvalue weighted by Crippen LogP contribution is -2.38. The number of nitrogens with zero attached hydrogens (tertiary/aromatic N) is 1. The molecule has 1 atom stereocenters. The maximum absolute atomic E-state index is 11.6. The maximum Gasteiger partial charge on any atom is 0.322 e. The van der Waals surface area contributed by atoms with Crippen molar-refractivity contribution in [3.63, 3.8) is 0 Å². The number of rotatable bonds is 9. The van der Waals surface area contributed by atoms with E-state index in [0.717, 1.165) is 24.8 Å². The van der Waals surface area contributed by atoms with Gasteiger partial charge in [0, 0.05) is 12.1 Å². The van der Waals surface area contributed by atoms with Gasteiger partial charge in [-0.1, -0.05) is 31.9 Å². The number of nitro groups is 1. The summed E-state index contributed by atoms with van der Waals surface area (Å²) in [6, 6.07) is 6.17. The number of hydrogen-bond acceptors (Lipinski definition) is 5. The topological polar surface area (TPSA) is 81.5 Å². The Balaban J connectivity index is 2.45. The molecule has 6 heteroatoms. The number of esters is 1. The molecular formula is C15H22N2O4. The summed E-state index contributed by atoms with van der Waals surface area (Å²) < 4.78 is 4.78. The van der Waals surface area contributed by atoms with Crippen molar-refractivity contribution in [1.82, 2.24) is 5.32 Å². The number of unbranched alkanes of at least 4 members (excludes halogenated alkanes) is 1. The monoisotopic (exact) mass is 294 g/mol. The van der Waals surface area contributed by atoms with Gasteiger partial charge in [-0.2, -0.15) is 0 Å². The molecule has 1 unspecified atom stereocenters. The fourth-order valence-corrected chi connectivity index (χ4v) is 2.03. The van der Waals surface area contributed by atoms with Crippen molar-refractivity contribution < 1.29 is 14.5 Å². The van der Waals surface area contributed by atoms with Crippen LogP contribution in [0, 0.1) is 10.1 Å². The second-order valence-electron chi connectivity index (χ2n) is 4.85. The van der Waals surface area contributed by atoms with E-state index in [2.05, 4.69) is 12.2 Å². The van der Waals surface area contributed by atoms with Crippen LogP contribution in [-0.2, 0) is 16.0 Å². The van der Waals surface area contributed by atoms with E-state index in [9.17, 15) is 14.9 Å². The van der Waals surface area contributed by atoms with Gasteiger partial charge in [0.05, 0.1) is 12.0 Å². The first kappa shape index (κ1) is 17.1. The molecule has 1 N–H and O–H groups in total. The van der Waals surface area contributed by atoms with Crippen molar-refractivity contribution in [2.45, 2.75) is 38.6 Å². The van der Waals surface area contributed by atoms with Crippen LogP contribution in [0.4, 0.5) is 5.69 Å². The summed E-state index contributed by atoms with van der Waals surface area (Å²) in [6.45, 7) is 2.70. The van der Waals surface area contributed by atoms with E-state index < -0.39 is 4.92 Å². The first-order valence-corrected chi connectivity index (χ1v) is 7.13. The number of hydrogen-bond donors (Lipinski definition) is 1. The normalized spacial score (nSPS) is 11.9. The highest BCUT2D eigenvalue weighted by molar-refractivity contribution is 5.75. The predicted molar refractivity (Wildman–Crippen MR) is 80.1 cm³/mol. The molecule has 0 spiro atoms. The average molecular weight is 294 g/mol. The number of methoxy groups -OCH3 is 1. The Morgan fingerprint density at radius 1 is 1.38 bits per heavy atom. The zero-order chi connectivity index (χ0) is 15.7. The van der Waals surface area contributed by atoms with Crippen LogP contribution >= 0.6 is 0 Å². The molecule has 0 saturated carbocycles. The van der Waals surface area contributed by atoms with Crippen LogP contribution in [0.25, 0.3) is 0 Å². The minimum atomic E-state index is -0.417. The number of carbonyl (C=O) groups is 1. The Morgan fingerprint density at radius 2 is 2.05 bits per heavy atom. The fourth-order valence-electron chi connectivity index (χ4n) is 2.03. The van der Waals surface area contributed by atoms with Crippen LogP contribution in [0.1, 0.15) is 31.7 Å². The third kappa shape index (κ3) is 5.91. The summed E-state index contributed by atoms with van der Waals surface area (Å²) >= 11 is 0. The van der Waals surface area contributed by atoms with E-state index in [4.69, 9.17) is 4.74 Å². The lowest BCUT2D eigenvalue weighted by molar-refractivity contribution is -0.384. The van der Waals surface area contributed by atoms with E-state index in [1.54, 1.807) is 12.1 Å². The quantitative estimate of drug-likeness (QED) is 0.430. The molecule has 6 nitrogen and oxygen atoms in total. The van der Waals surface area contributed by atoms with Crippen LogP contribution in [0.2, 0.25) is 0 Å². The van der Waals surface area contributed by atoms with Gasteiger partial charge in [0.15, 0.2) is 0 Å². The van der Waals surface area contributed by atoms with Crippen molar-refractivity contribution in [1.29, 1.82) is 0 Å². The third-order valence-corrected chi connectivity index (χ3v) is 3.28. The molecule has 0 aromatic heterocycles. The van der Waals surface area contributed by atoms with E-state index in [-0.39, 0.29) is 17.7 Å². The number of ether oxygens (including phenoxy) is 1. The molecule has 0 fully saturated rings. The van der Waals surface area contributed by atoms with E-state index in [0.29, 0.717) is 13.0 Å². The van der Waals surface area contributed by atoms with Gasteiger partial charge in [-0.15, -0.1) is 0 Å². The highest BCUT2D eigenvalue weighted by Gasteiger charge is 2.17. The molecule has 0 heterocycles. The van der Waals surface area contributed by atoms with E-state index in [1.165, 1.54) is 19.2 Å². The molecule has 1 aromatic rings. The molecule has 0 radical (unpaired) electrons. The van der Waals surface area contributed by atoms with Crippen LogP contribution in [0.3, 0.4) is 0 Å². The Hall–Kier alpha value is -1.95. The summed E-state index contributed by atoms with van der Waals surface area (Å²) in [7, 11) is 1.39.